The minimum atomic E-state index is -1.74. The van der Waals surface area contributed by atoms with Gasteiger partial charge in [0, 0.05) is 25.3 Å². The van der Waals surface area contributed by atoms with Crippen LogP contribution in [0, 0.1) is 22.0 Å². The number of benzene rings is 1. The molecule has 0 aliphatic carbocycles. The Morgan fingerprint density at radius 1 is 1.12 bits per heavy atom. The average Bonchev–Trinajstić information content (AvgIpc) is 2.87. The first kappa shape index (κ1) is 34.8. The van der Waals surface area contributed by atoms with E-state index in [-0.39, 0.29) is 43.5 Å². The number of aliphatic imine (C=N–C) groups is 1. The van der Waals surface area contributed by atoms with Crippen molar-refractivity contribution in [1.29, 1.82) is 0 Å². The Labute approximate surface area is 237 Å². The molecule has 1 rings (SSSR count). The normalized spacial score (nSPS) is 13.0. The molecule has 1 aromatic rings. The molecule has 224 valence electrons. The Balaban J connectivity index is 2.75. The van der Waals surface area contributed by atoms with Crippen LogP contribution in [0.25, 0.3) is 0 Å². The Hall–Kier alpha value is -3.19. The van der Waals surface area contributed by atoms with Crippen molar-refractivity contribution >= 4 is 24.8 Å². The number of carbonyl (C=O) groups is 2. The van der Waals surface area contributed by atoms with Crippen LogP contribution in [-0.4, -0.2) is 58.9 Å². The van der Waals surface area contributed by atoms with E-state index < -0.39 is 29.9 Å². The van der Waals surface area contributed by atoms with E-state index in [9.17, 15) is 29.8 Å². The SMILES string of the molecule is CCCCCCCOc1ccc(CC(=O)C[C@@H](CCCN=C(N)N[N+](=O)[O-])C(=O)N[C@@H](CC(C)C)B(O)O)cc1. The second-order valence-electron chi connectivity index (χ2n) is 10.5. The lowest BCUT2D eigenvalue weighted by molar-refractivity contribution is -0.525. The van der Waals surface area contributed by atoms with E-state index in [0.29, 0.717) is 19.4 Å². The van der Waals surface area contributed by atoms with Crippen molar-refractivity contribution in [3.05, 3.63) is 39.9 Å². The van der Waals surface area contributed by atoms with E-state index in [1.165, 1.54) is 19.3 Å². The van der Waals surface area contributed by atoms with Crippen LogP contribution < -0.4 is 21.2 Å². The van der Waals surface area contributed by atoms with Crippen LogP contribution in [0.15, 0.2) is 29.3 Å². The smallest absolute Gasteiger partial charge is 0.475 e. The monoisotopic (exact) mass is 563 g/mol. The van der Waals surface area contributed by atoms with Gasteiger partial charge in [-0.25, -0.2) is 15.1 Å². The minimum absolute atomic E-state index is 0.0515. The Morgan fingerprint density at radius 3 is 2.40 bits per heavy atom. The molecule has 13 heteroatoms. The number of nitrogens with two attached hydrogens (primary N) is 1. The molecule has 0 saturated carbocycles. The van der Waals surface area contributed by atoms with E-state index >= 15 is 0 Å². The zero-order valence-electron chi connectivity index (χ0n) is 24.0. The number of hydrogen-bond donors (Lipinski definition) is 5. The lowest BCUT2D eigenvalue weighted by Gasteiger charge is -2.23. The third kappa shape index (κ3) is 16.0. The number of Topliss-reactive ketones (excluding diaryl/α,β-unsaturated/α-hetero) is 1. The minimum Gasteiger partial charge on any atom is -0.494 e. The summed E-state index contributed by atoms with van der Waals surface area (Å²) in [6.07, 6.45) is 6.81. The maximum atomic E-state index is 13.1. The maximum absolute atomic E-state index is 13.1. The van der Waals surface area contributed by atoms with Gasteiger partial charge in [-0.2, -0.15) is 0 Å². The molecule has 0 aromatic heterocycles. The topological polar surface area (TPSA) is 189 Å². The van der Waals surface area contributed by atoms with E-state index in [4.69, 9.17) is 10.5 Å². The molecule has 0 radical (unpaired) electrons. The molecule has 0 heterocycles. The molecule has 0 unspecified atom stereocenters. The number of amides is 1. The van der Waals surface area contributed by atoms with Crippen LogP contribution in [-0.2, 0) is 16.0 Å². The molecule has 0 saturated heterocycles. The summed E-state index contributed by atoms with van der Waals surface area (Å²) in [4.78, 5) is 40.3. The molecular formula is C27H46BN5O7. The fraction of sp³-hybridized carbons (Fsp3) is 0.667. The van der Waals surface area contributed by atoms with Gasteiger partial charge in [0.05, 0.1) is 12.5 Å². The van der Waals surface area contributed by atoms with Gasteiger partial charge in [-0.3, -0.25) is 9.59 Å². The Kier molecular flexibility index (Phi) is 17.3. The van der Waals surface area contributed by atoms with Gasteiger partial charge in [0.15, 0.2) is 5.03 Å². The van der Waals surface area contributed by atoms with E-state index in [1.807, 2.05) is 38.1 Å². The van der Waals surface area contributed by atoms with Gasteiger partial charge in [-0.15, -0.1) is 0 Å². The van der Waals surface area contributed by atoms with Crippen molar-refractivity contribution < 1.29 is 29.4 Å². The first-order valence-electron chi connectivity index (χ1n) is 14.1. The van der Waals surface area contributed by atoms with Crippen LogP contribution >= 0.6 is 0 Å². The fourth-order valence-corrected chi connectivity index (χ4v) is 4.23. The molecule has 0 aliphatic rings. The zero-order valence-corrected chi connectivity index (χ0v) is 24.0. The molecule has 2 atom stereocenters. The number of nitrogens with one attached hydrogen (secondary N) is 2. The second kappa shape index (κ2) is 19.8. The predicted octanol–water partition coefficient (Wildman–Crippen LogP) is 2.57. The summed E-state index contributed by atoms with van der Waals surface area (Å²) >= 11 is 0. The molecule has 6 N–H and O–H groups in total. The van der Waals surface area contributed by atoms with E-state index in [0.717, 1.165) is 24.2 Å². The van der Waals surface area contributed by atoms with Gasteiger partial charge >= 0.3 is 7.12 Å². The first-order chi connectivity index (χ1) is 19.0. The highest BCUT2D eigenvalue weighted by Crippen LogP contribution is 2.18. The van der Waals surface area contributed by atoms with Crippen LogP contribution in [0.3, 0.4) is 0 Å². The van der Waals surface area contributed by atoms with Crippen molar-refractivity contribution in [3.8, 4) is 5.75 Å². The molecular weight excluding hydrogens is 517 g/mol. The summed E-state index contributed by atoms with van der Waals surface area (Å²) in [5, 5.41) is 31.7. The summed E-state index contributed by atoms with van der Waals surface area (Å²) in [5.41, 5.74) is 7.97. The Bertz CT molecular complexity index is 928. The highest BCUT2D eigenvalue weighted by atomic mass is 16.7. The summed E-state index contributed by atoms with van der Waals surface area (Å²) < 4.78 is 5.78. The molecule has 0 fully saturated rings. The molecule has 12 nitrogen and oxygen atoms in total. The number of nitro groups is 1. The summed E-state index contributed by atoms with van der Waals surface area (Å²) in [6, 6.07) is 7.33. The summed E-state index contributed by atoms with van der Waals surface area (Å²) in [6.45, 7) is 6.74. The number of rotatable bonds is 21. The largest absolute Gasteiger partial charge is 0.494 e. The van der Waals surface area contributed by atoms with Crippen molar-refractivity contribution in [1.82, 2.24) is 10.7 Å². The number of hydrazine groups is 1. The molecule has 40 heavy (non-hydrogen) atoms. The van der Waals surface area contributed by atoms with Gasteiger partial charge in [-0.05, 0) is 49.3 Å². The Morgan fingerprint density at radius 2 is 1.80 bits per heavy atom. The lowest BCUT2D eigenvalue weighted by Crippen LogP contribution is -2.49. The van der Waals surface area contributed by atoms with Gasteiger partial charge in [0.1, 0.15) is 11.5 Å². The fourth-order valence-electron chi connectivity index (χ4n) is 4.23. The van der Waals surface area contributed by atoms with Crippen LogP contribution in [0.4, 0.5) is 0 Å². The molecule has 0 spiro atoms. The predicted molar refractivity (Wildman–Crippen MR) is 155 cm³/mol. The summed E-state index contributed by atoms with van der Waals surface area (Å²) in [5.74, 6) is -1.73. The number of hydrogen-bond acceptors (Lipinski definition) is 8. The average molecular weight is 564 g/mol. The number of ether oxygens (including phenoxy) is 1. The quantitative estimate of drug-likeness (QED) is 0.0374. The summed E-state index contributed by atoms with van der Waals surface area (Å²) in [7, 11) is -1.74. The van der Waals surface area contributed by atoms with Gasteiger partial charge in [0.2, 0.25) is 5.91 Å². The second-order valence-corrected chi connectivity index (χ2v) is 10.5. The van der Waals surface area contributed by atoms with Gasteiger partial charge in [0.25, 0.3) is 5.96 Å². The number of carbonyl (C=O) groups excluding carboxylic acids is 2. The maximum Gasteiger partial charge on any atom is 0.475 e. The molecule has 1 aromatic carbocycles. The number of nitrogens with zero attached hydrogens (tertiary/aromatic N) is 2. The molecule has 0 bridgehead atoms. The van der Waals surface area contributed by atoms with Crippen molar-refractivity contribution in [2.45, 2.75) is 90.9 Å². The highest BCUT2D eigenvalue weighted by molar-refractivity contribution is 6.43. The van der Waals surface area contributed by atoms with Crippen LogP contribution in [0.2, 0.25) is 0 Å². The van der Waals surface area contributed by atoms with E-state index in [2.05, 4.69) is 17.2 Å². The number of unbranched alkanes of at least 4 members (excludes halogenated alkanes) is 4. The highest BCUT2D eigenvalue weighted by Gasteiger charge is 2.30. The lowest BCUT2D eigenvalue weighted by atomic mass is 9.74. The van der Waals surface area contributed by atoms with Crippen molar-refractivity contribution in [2.24, 2.45) is 22.6 Å². The van der Waals surface area contributed by atoms with Crippen molar-refractivity contribution in [2.75, 3.05) is 13.2 Å². The van der Waals surface area contributed by atoms with E-state index in [1.54, 1.807) is 5.43 Å². The molecule has 1 amide bonds. The number of ketones is 1. The van der Waals surface area contributed by atoms with Crippen molar-refractivity contribution in [3.63, 3.8) is 0 Å². The first-order valence-corrected chi connectivity index (χ1v) is 14.1. The standard InChI is InChI=1S/C27H46BN5O7/c1-4-5-6-7-8-16-40-24-13-11-21(12-14-24)18-23(34)19-22(10-9-15-30-27(29)32-33(38)39)26(35)31-25(28(36)37)17-20(2)3/h11-14,20,22,25,36-37H,4-10,15-19H2,1-3H3,(H,31,35)(H3,29,30,32)/t22-,25+/m1/s1. The third-order valence-electron chi connectivity index (χ3n) is 6.30. The van der Waals surface area contributed by atoms with Crippen LogP contribution in [0.5, 0.6) is 5.75 Å². The molecule has 0 aliphatic heterocycles. The number of guanidine groups is 1. The van der Waals surface area contributed by atoms with Crippen LogP contribution in [0.1, 0.15) is 84.1 Å². The third-order valence-corrected chi connectivity index (χ3v) is 6.30. The van der Waals surface area contributed by atoms with Gasteiger partial charge in [-0.1, -0.05) is 64.0 Å². The van der Waals surface area contributed by atoms with Gasteiger partial charge < -0.3 is 25.8 Å². The zero-order chi connectivity index (χ0) is 29.9.